The molecule has 12 heteroatoms. The van der Waals surface area contributed by atoms with Gasteiger partial charge in [0, 0.05) is 43.5 Å². The molecule has 0 aliphatic carbocycles. The topological polar surface area (TPSA) is 115 Å². The number of hydrogen-bond acceptors (Lipinski definition) is 9. The number of rotatable bonds is 10. The Balaban J connectivity index is 1.13. The standard InChI is InChI=1S/C38H37N5O6S/c1-3-34(35(44)39-29-11-7-8-12-31(29)47-2)50-38-40-30-22-33-32(48-24-49-33)21-28(30)37(46)43(38)23-25-13-15-26(16-14-25)36(45)42-19-17-41(18-20-42)27-9-5-4-6-10-27/h4-16,21-22,34H,3,17-20,23-24H2,1-2H3,(H,39,44)/t34-/m0/s1. The van der Waals surface area contributed by atoms with Crippen LogP contribution in [-0.2, 0) is 11.3 Å². The minimum atomic E-state index is -0.563. The number of aromatic nitrogens is 2. The quantitative estimate of drug-likeness (QED) is 0.147. The van der Waals surface area contributed by atoms with Crippen LogP contribution >= 0.6 is 11.8 Å². The van der Waals surface area contributed by atoms with Gasteiger partial charge in [0.05, 0.1) is 35.5 Å². The molecule has 7 rings (SSSR count). The molecule has 2 aliphatic heterocycles. The second-order valence-corrected chi connectivity index (χ2v) is 13.2. The van der Waals surface area contributed by atoms with Crippen molar-refractivity contribution in [1.82, 2.24) is 14.5 Å². The van der Waals surface area contributed by atoms with Crippen LogP contribution in [-0.4, -0.2) is 71.6 Å². The molecule has 0 radical (unpaired) electrons. The van der Waals surface area contributed by atoms with Gasteiger partial charge >= 0.3 is 0 Å². The lowest BCUT2D eigenvalue weighted by molar-refractivity contribution is -0.115. The average molecular weight is 692 g/mol. The van der Waals surface area contributed by atoms with E-state index in [0.717, 1.165) is 24.3 Å². The number of nitrogens with zero attached hydrogens (tertiary/aromatic N) is 4. The lowest BCUT2D eigenvalue weighted by Crippen LogP contribution is -2.48. The molecule has 1 atom stereocenters. The molecule has 1 aromatic heterocycles. The van der Waals surface area contributed by atoms with Gasteiger partial charge in [-0.3, -0.25) is 19.0 Å². The van der Waals surface area contributed by atoms with Gasteiger partial charge in [-0.15, -0.1) is 0 Å². The molecule has 11 nitrogen and oxygen atoms in total. The zero-order valence-electron chi connectivity index (χ0n) is 27.8. The van der Waals surface area contributed by atoms with Crippen LogP contribution in [0.15, 0.2) is 101 Å². The first-order valence-corrected chi connectivity index (χ1v) is 17.4. The first-order valence-electron chi connectivity index (χ1n) is 16.5. The van der Waals surface area contributed by atoms with Crippen molar-refractivity contribution < 1.29 is 23.8 Å². The first-order chi connectivity index (χ1) is 24.4. The molecule has 0 unspecified atom stereocenters. The number of carbonyl (C=O) groups is 2. The number of anilines is 2. The van der Waals surface area contributed by atoms with Crippen LogP contribution in [0.25, 0.3) is 10.9 Å². The summed E-state index contributed by atoms with van der Waals surface area (Å²) in [4.78, 5) is 50.1. The predicted molar refractivity (Wildman–Crippen MR) is 194 cm³/mol. The molecule has 256 valence electrons. The summed E-state index contributed by atoms with van der Waals surface area (Å²) in [5.74, 6) is 1.29. The largest absolute Gasteiger partial charge is 0.495 e. The van der Waals surface area contributed by atoms with E-state index in [0.29, 0.717) is 64.1 Å². The maximum absolute atomic E-state index is 14.1. The molecular formula is C38H37N5O6S. The molecular weight excluding hydrogens is 655 g/mol. The van der Waals surface area contributed by atoms with Crippen molar-refractivity contribution >= 4 is 45.9 Å². The number of para-hydroxylation sites is 3. The van der Waals surface area contributed by atoms with Crippen molar-refractivity contribution in [1.29, 1.82) is 0 Å². The number of carbonyl (C=O) groups excluding carboxylic acids is 2. The number of hydrogen-bond donors (Lipinski definition) is 1. The smallest absolute Gasteiger partial charge is 0.262 e. The van der Waals surface area contributed by atoms with E-state index in [-0.39, 0.29) is 30.7 Å². The zero-order chi connectivity index (χ0) is 34.6. The minimum Gasteiger partial charge on any atom is -0.495 e. The van der Waals surface area contributed by atoms with E-state index in [9.17, 15) is 14.4 Å². The Kier molecular flexibility index (Phi) is 9.61. The van der Waals surface area contributed by atoms with E-state index in [1.807, 2.05) is 54.3 Å². The summed E-state index contributed by atoms with van der Waals surface area (Å²) >= 11 is 1.23. The van der Waals surface area contributed by atoms with E-state index < -0.39 is 5.25 Å². The number of amides is 2. The van der Waals surface area contributed by atoms with Crippen LogP contribution in [0.3, 0.4) is 0 Å². The van der Waals surface area contributed by atoms with Crippen LogP contribution in [0.1, 0.15) is 29.3 Å². The highest BCUT2D eigenvalue weighted by Gasteiger charge is 2.26. The molecule has 1 N–H and O–H groups in total. The van der Waals surface area contributed by atoms with Gasteiger partial charge in [-0.05, 0) is 54.4 Å². The SMILES string of the molecule is CC[C@H](Sc1nc2cc3c(cc2c(=O)n1Cc1ccc(C(=O)N2CCN(c4ccccc4)CC2)cc1)OCO3)C(=O)Nc1ccccc1OC. The Morgan fingerprint density at radius 2 is 1.62 bits per heavy atom. The van der Waals surface area contributed by atoms with Gasteiger partial charge in [0.2, 0.25) is 12.7 Å². The molecule has 0 saturated carbocycles. The number of nitrogens with one attached hydrogen (secondary N) is 1. The lowest BCUT2D eigenvalue weighted by Gasteiger charge is -2.36. The second kappa shape index (κ2) is 14.6. The first kappa shape index (κ1) is 33.0. The van der Waals surface area contributed by atoms with Gasteiger partial charge < -0.3 is 29.3 Å². The summed E-state index contributed by atoms with van der Waals surface area (Å²) in [6, 6.07) is 28.1. The number of thioether (sulfide) groups is 1. The van der Waals surface area contributed by atoms with Crippen LogP contribution in [0.4, 0.5) is 11.4 Å². The maximum Gasteiger partial charge on any atom is 0.262 e. The molecule has 3 heterocycles. The number of ether oxygens (including phenoxy) is 3. The molecule has 0 bridgehead atoms. The van der Waals surface area contributed by atoms with E-state index in [1.165, 1.54) is 11.8 Å². The van der Waals surface area contributed by atoms with E-state index in [2.05, 4.69) is 22.3 Å². The minimum absolute atomic E-state index is 0.0204. The molecule has 2 amide bonds. The highest BCUT2D eigenvalue weighted by Crippen LogP contribution is 2.36. The summed E-state index contributed by atoms with van der Waals surface area (Å²) in [6.07, 6.45) is 0.483. The van der Waals surface area contributed by atoms with Crippen molar-refractivity contribution in [3.8, 4) is 17.2 Å². The monoisotopic (exact) mass is 691 g/mol. The van der Waals surface area contributed by atoms with Crippen molar-refractivity contribution in [2.45, 2.75) is 30.3 Å². The number of fused-ring (bicyclic) bond motifs is 2. The average Bonchev–Trinajstić information content (AvgIpc) is 3.62. The fourth-order valence-electron chi connectivity index (χ4n) is 6.16. The maximum atomic E-state index is 14.1. The van der Waals surface area contributed by atoms with E-state index >= 15 is 0 Å². The Hall–Kier alpha value is -5.49. The van der Waals surface area contributed by atoms with Crippen LogP contribution in [0.2, 0.25) is 0 Å². The molecule has 4 aromatic carbocycles. The molecule has 0 spiro atoms. The summed E-state index contributed by atoms with van der Waals surface area (Å²) in [5.41, 5.74) is 3.30. The highest BCUT2D eigenvalue weighted by atomic mass is 32.2. The fourth-order valence-corrected chi connectivity index (χ4v) is 7.17. The molecule has 1 saturated heterocycles. The van der Waals surface area contributed by atoms with Crippen LogP contribution < -0.4 is 30.0 Å². The van der Waals surface area contributed by atoms with Crippen molar-refractivity contribution in [3.63, 3.8) is 0 Å². The van der Waals surface area contributed by atoms with Gasteiger partial charge in [0.25, 0.3) is 11.5 Å². The van der Waals surface area contributed by atoms with Crippen LogP contribution in [0.5, 0.6) is 17.2 Å². The van der Waals surface area contributed by atoms with E-state index in [1.54, 1.807) is 48.1 Å². The van der Waals surface area contributed by atoms with Crippen molar-refractivity contribution in [2.24, 2.45) is 0 Å². The molecule has 5 aromatic rings. The normalized spacial score (nSPS) is 14.4. The van der Waals surface area contributed by atoms with E-state index in [4.69, 9.17) is 19.2 Å². The van der Waals surface area contributed by atoms with Gasteiger partial charge in [-0.25, -0.2) is 4.98 Å². The van der Waals surface area contributed by atoms with Gasteiger partial charge in [0.1, 0.15) is 5.75 Å². The molecule has 1 fully saturated rings. The number of benzene rings is 4. The summed E-state index contributed by atoms with van der Waals surface area (Å²) in [5, 5.41) is 3.17. The summed E-state index contributed by atoms with van der Waals surface area (Å²) < 4.78 is 18.1. The Morgan fingerprint density at radius 1 is 0.920 bits per heavy atom. The summed E-state index contributed by atoms with van der Waals surface area (Å²) in [6.45, 7) is 4.97. The second-order valence-electron chi connectivity index (χ2n) is 12.0. The number of piperazine rings is 1. The fraction of sp³-hybridized carbons (Fsp3) is 0.263. The number of methoxy groups -OCH3 is 1. The summed E-state index contributed by atoms with van der Waals surface area (Å²) in [7, 11) is 1.55. The van der Waals surface area contributed by atoms with Gasteiger partial charge in [-0.2, -0.15) is 0 Å². The Labute approximate surface area is 293 Å². The Bertz CT molecular complexity index is 2080. The lowest BCUT2D eigenvalue weighted by atomic mass is 10.1. The van der Waals surface area contributed by atoms with Crippen molar-refractivity contribution in [2.75, 3.05) is 50.3 Å². The molecule has 50 heavy (non-hydrogen) atoms. The van der Waals surface area contributed by atoms with Crippen LogP contribution in [0, 0.1) is 0 Å². The highest BCUT2D eigenvalue weighted by molar-refractivity contribution is 8.00. The third kappa shape index (κ3) is 6.84. The predicted octanol–water partition coefficient (Wildman–Crippen LogP) is 5.65. The van der Waals surface area contributed by atoms with Crippen molar-refractivity contribution in [3.05, 3.63) is 112 Å². The zero-order valence-corrected chi connectivity index (χ0v) is 28.7. The molecule has 2 aliphatic rings. The third-order valence-corrected chi connectivity index (χ3v) is 10.3. The van der Waals surface area contributed by atoms with Gasteiger partial charge in [0.15, 0.2) is 16.7 Å². The third-order valence-electron chi connectivity index (χ3n) is 8.92. The Morgan fingerprint density at radius 3 is 2.34 bits per heavy atom. The van der Waals surface area contributed by atoms with Gasteiger partial charge in [-0.1, -0.05) is 61.2 Å².